The van der Waals surface area contributed by atoms with Gasteiger partial charge in [0, 0.05) is 50.7 Å². The van der Waals surface area contributed by atoms with Crippen molar-refractivity contribution in [1.82, 2.24) is 14.8 Å². The molecule has 218 valence electrons. The number of para-hydroxylation sites is 1. The summed E-state index contributed by atoms with van der Waals surface area (Å²) < 4.78 is 20.1. The molecule has 0 bridgehead atoms. The van der Waals surface area contributed by atoms with Gasteiger partial charge in [-0.2, -0.15) is 0 Å². The fraction of sp³-hybridized carbons (Fsp3) is 0.424. The van der Waals surface area contributed by atoms with E-state index in [1.807, 2.05) is 29.2 Å². The highest BCUT2D eigenvalue weighted by atomic mass is 19.1. The van der Waals surface area contributed by atoms with Crippen molar-refractivity contribution in [2.75, 3.05) is 44.7 Å². The molecule has 0 saturated carbocycles. The normalized spacial score (nSPS) is 15.1. The number of ether oxygens (including phenoxy) is 1. The molecule has 3 aromatic rings. The quantitative estimate of drug-likeness (QED) is 0.377. The van der Waals surface area contributed by atoms with E-state index in [1.165, 1.54) is 12.1 Å². The van der Waals surface area contributed by atoms with Crippen molar-refractivity contribution in [2.24, 2.45) is 5.92 Å². The lowest BCUT2D eigenvalue weighted by Gasteiger charge is -2.32. The Morgan fingerprint density at radius 1 is 1.00 bits per heavy atom. The smallest absolute Gasteiger partial charge is 0.259 e. The van der Waals surface area contributed by atoms with Crippen LogP contribution < -0.4 is 9.64 Å². The van der Waals surface area contributed by atoms with Crippen LogP contribution >= 0.6 is 0 Å². The molecule has 4 rings (SSSR count). The van der Waals surface area contributed by atoms with Crippen molar-refractivity contribution in [3.8, 4) is 5.75 Å². The van der Waals surface area contributed by atoms with E-state index >= 15 is 0 Å². The van der Waals surface area contributed by atoms with Crippen LogP contribution in [0.3, 0.4) is 0 Å². The minimum atomic E-state index is -0.394. The third-order valence-electron chi connectivity index (χ3n) is 7.38. The number of anilines is 1. The Balaban J connectivity index is 1.65. The molecule has 0 fully saturated rings. The number of hydrogen-bond acceptors (Lipinski definition) is 5. The van der Waals surface area contributed by atoms with Gasteiger partial charge in [0.25, 0.3) is 5.91 Å². The van der Waals surface area contributed by atoms with Crippen LogP contribution in [0, 0.1) is 11.7 Å². The molecular weight excluding hydrogens is 519 g/mol. The van der Waals surface area contributed by atoms with Crippen molar-refractivity contribution in [3.63, 3.8) is 0 Å². The average Bonchev–Trinajstić information content (AvgIpc) is 2.97. The van der Waals surface area contributed by atoms with Crippen LogP contribution in [-0.2, 0) is 17.8 Å². The summed E-state index contributed by atoms with van der Waals surface area (Å²) in [4.78, 5) is 37.5. The number of amides is 2. The second-order valence-electron chi connectivity index (χ2n) is 11.0. The van der Waals surface area contributed by atoms with Gasteiger partial charge >= 0.3 is 0 Å². The van der Waals surface area contributed by atoms with Crippen molar-refractivity contribution in [3.05, 3.63) is 89.5 Å². The summed E-state index contributed by atoms with van der Waals surface area (Å²) in [6, 6.07) is 15.7. The molecule has 2 amide bonds. The predicted octanol–water partition coefficient (Wildman–Crippen LogP) is 5.59. The first kappa shape index (κ1) is 30.2. The zero-order valence-electron chi connectivity index (χ0n) is 24.4. The zero-order chi connectivity index (χ0) is 29.2. The maximum Gasteiger partial charge on any atom is 0.259 e. The molecule has 1 aliphatic heterocycles. The second-order valence-corrected chi connectivity index (χ2v) is 11.0. The first-order chi connectivity index (χ1) is 19.9. The number of aromatic nitrogens is 1. The SMILES string of the molecule is COc1ccccc1CCC(=O)N1CCCN(CC(C)C)CCCN(C(=O)c2cccnc2)c2ccc(F)cc2C1. The molecule has 8 heteroatoms. The Hall–Kier alpha value is -3.78. The van der Waals surface area contributed by atoms with Gasteiger partial charge in [-0.05, 0) is 85.8 Å². The fourth-order valence-electron chi connectivity index (χ4n) is 5.48. The molecule has 2 heterocycles. The topological polar surface area (TPSA) is 66.0 Å². The number of aryl methyl sites for hydroxylation is 1. The molecule has 0 saturated heterocycles. The molecule has 0 spiro atoms. The van der Waals surface area contributed by atoms with Crippen LogP contribution in [-0.4, -0.2) is 66.4 Å². The summed E-state index contributed by atoms with van der Waals surface area (Å²) in [5.41, 5.74) is 2.69. The number of nitrogens with zero attached hydrogens (tertiary/aromatic N) is 4. The third-order valence-corrected chi connectivity index (χ3v) is 7.38. The largest absolute Gasteiger partial charge is 0.496 e. The molecule has 1 aliphatic rings. The number of rotatable bonds is 7. The molecule has 2 aromatic carbocycles. The van der Waals surface area contributed by atoms with Crippen LogP contribution in [0.15, 0.2) is 67.0 Å². The van der Waals surface area contributed by atoms with E-state index in [0.29, 0.717) is 48.7 Å². The van der Waals surface area contributed by atoms with Gasteiger partial charge < -0.3 is 19.4 Å². The van der Waals surface area contributed by atoms with Crippen LogP contribution in [0.5, 0.6) is 5.75 Å². The van der Waals surface area contributed by atoms with Gasteiger partial charge in [0.15, 0.2) is 0 Å². The van der Waals surface area contributed by atoms with E-state index < -0.39 is 5.82 Å². The van der Waals surface area contributed by atoms with Gasteiger partial charge in [0.05, 0.1) is 12.7 Å². The highest BCUT2D eigenvalue weighted by molar-refractivity contribution is 6.06. The highest BCUT2D eigenvalue weighted by Crippen LogP contribution is 2.27. The average molecular weight is 561 g/mol. The van der Waals surface area contributed by atoms with Gasteiger partial charge in [-0.15, -0.1) is 0 Å². The minimum absolute atomic E-state index is 0.0104. The lowest BCUT2D eigenvalue weighted by molar-refractivity contribution is -0.131. The molecule has 7 nitrogen and oxygen atoms in total. The van der Waals surface area contributed by atoms with Crippen molar-refractivity contribution in [2.45, 2.75) is 46.1 Å². The molecule has 0 atom stereocenters. The third kappa shape index (κ3) is 8.36. The number of pyridine rings is 1. The summed E-state index contributed by atoms with van der Waals surface area (Å²) in [6.07, 6.45) is 5.63. The van der Waals surface area contributed by atoms with Crippen LogP contribution in [0.4, 0.5) is 10.1 Å². The summed E-state index contributed by atoms with van der Waals surface area (Å²) >= 11 is 0. The minimum Gasteiger partial charge on any atom is -0.496 e. The summed E-state index contributed by atoms with van der Waals surface area (Å²) in [5, 5.41) is 0. The Bertz CT molecular complexity index is 1300. The molecule has 0 aliphatic carbocycles. The van der Waals surface area contributed by atoms with E-state index in [-0.39, 0.29) is 18.4 Å². The van der Waals surface area contributed by atoms with Gasteiger partial charge in [0.2, 0.25) is 5.91 Å². The molecule has 0 radical (unpaired) electrons. The fourth-order valence-corrected chi connectivity index (χ4v) is 5.48. The predicted molar refractivity (Wildman–Crippen MR) is 160 cm³/mol. The molecule has 0 unspecified atom stereocenters. The molecule has 41 heavy (non-hydrogen) atoms. The Labute approximate surface area is 242 Å². The summed E-state index contributed by atoms with van der Waals surface area (Å²) in [6.45, 7) is 8.27. The van der Waals surface area contributed by atoms with Gasteiger partial charge in [-0.25, -0.2) is 4.39 Å². The lowest BCUT2D eigenvalue weighted by atomic mass is 10.1. The number of hydrogen-bond donors (Lipinski definition) is 0. The summed E-state index contributed by atoms with van der Waals surface area (Å²) in [5.74, 6) is 0.666. The highest BCUT2D eigenvalue weighted by Gasteiger charge is 2.25. The standard InChI is InChI=1S/C33H41FN4O3/c1-25(2)23-36-17-7-19-37(32(39)15-12-26-9-4-5-11-31(26)41-3)24-28-21-29(34)13-14-30(28)38(20-8-18-36)33(40)27-10-6-16-35-22-27/h4-6,9-11,13-14,16,21-22,25H,7-8,12,15,17-20,23-24H2,1-3H3. The monoisotopic (exact) mass is 560 g/mol. The molecule has 0 N–H and O–H groups in total. The Kier molecular flexibility index (Phi) is 10.8. The van der Waals surface area contributed by atoms with E-state index in [9.17, 15) is 14.0 Å². The van der Waals surface area contributed by atoms with Gasteiger partial charge in [-0.3, -0.25) is 14.6 Å². The van der Waals surface area contributed by atoms with Crippen LogP contribution in [0.1, 0.15) is 54.6 Å². The van der Waals surface area contributed by atoms with Gasteiger partial charge in [-0.1, -0.05) is 32.0 Å². The van der Waals surface area contributed by atoms with E-state index in [0.717, 1.165) is 43.8 Å². The van der Waals surface area contributed by atoms with E-state index in [4.69, 9.17) is 4.74 Å². The first-order valence-electron chi connectivity index (χ1n) is 14.5. The van der Waals surface area contributed by atoms with Crippen molar-refractivity contribution < 1.29 is 18.7 Å². The van der Waals surface area contributed by atoms with Crippen molar-refractivity contribution in [1.29, 1.82) is 0 Å². The number of benzene rings is 2. The second kappa shape index (κ2) is 14.7. The van der Waals surface area contributed by atoms with Gasteiger partial charge in [0.1, 0.15) is 11.6 Å². The van der Waals surface area contributed by atoms with Crippen LogP contribution in [0.25, 0.3) is 0 Å². The van der Waals surface area contributed by atoms with E-state index in [2.05, 4.69) is 23.7 Å². The maximum absolute atomic E-state index is 14.6. The first-order valence-corrected chi connectivity index (χ1v) is 14.5. The van der Waals surface area contributed by atoms with E-state index in [1.54, 1.807) is 42.6 Å². The number of methoxy groups -OCH3 is 1. The summed E-state index contributed by atoms with van der Waals surface area (Å²) in [7, 11) is 1.63. The number of carbonyl (C=O) groups excluding carboxylic acids is 2. The number of halogens is 1. The Morgan fingerprint density at radius 3 is 2.51 bits per heavy atom. The lowest BCUT2D eigenvalue weighted by Crippen LogP contribution is -2.40. The number of carbonyl (C=O) groups is 2. The van der Waals surface area contributed by atoms with Crippen LogP contribution in [0.2, 0.25) is 0 Å². The zero-order valence-corrected chi connectivity index (χ0v) is 24.4. The van der Waals surface area contributed by atoms with Crippen molar-refractivity contribution >= 4 is 17.5 Å². The molecular formula is C33H41FN4O3. The Morgan fingerprint density at radius 2 is 1.78 bits per heavy atom. The maximum atomic E-state index is 14.6. The molecule has 1 aromatic heterocycles. The number of fused-ring (bicyclic) bond motifs is 1.